The van der Waals surface area contributed by atoms with Crippen LogP contribution in [-0.4, -0.2) is 137 Å². The van der Waals surface area contributed by atoms with E-state index in [0.717, 1.165) is 11.0 Å². The number of likely N-dealkylation sites (N-methyl/N-ethyl adjacent to an activating group) is 1. The number of phenolic OH excluding ortho intramolecular Hbond substituents is 1. The summed E-state index contributed by atoms with van der Waals surface area (Å²) < 4.78 is 37.1. The van der Waals surface area contributed by atoms with Gasteiger partial charge in [-0.15, -0.1) is 0 Å². The number of hydrogen-bond donors (Lipinski definition) is 4. The third-order valence-corrected chi connectivity index (χ3v) is 11.1. The number of amides is 6. The molecule has 2 saturated heterocycles. The minimum Gasteiger partial charge on any atom is -0.507 e. The highest BCUT2D eigenvalue weighted by Gasteiger charge is 2.45. The van der Waals surface area contributed by atoms with Gasteiger partial charge < -0.3 is 35.2 Å². The molecule has 3 aliphatic rings. The number of anilines is 3. The van der Waals surface area contributed by atoms with E-state index in [1.165, 1.54) is 35.2 Å². The molecule has 324 valence electrons. The number of halogens is 3. The van der Waals surface area contributed by atoms with Crippen molar-refractivity contribution >= 4 is 75.4 Å². The predicted molar refractivity (Wildman–Crippen MR) is 224 cm³/mol. The van der Waals surface area contributed by atoms with Gasteiger partial charge in [0.1, 0.15) is 28.9 Å². The number of aromatic hydroxyl groups is 1. The Morgan fingerprint density at radius 2 is 1.76 bits per heavy atom. The van der Waals surface area contributed by atoms with Crippen molar-refractivity contribution in [1.82, 2.24) is 30.0 Å². The standard InChI is InChI=1S/C42H42ClF2N9O8/c1-3-31(57)52-15-17-53(18-16-52)38-24-22-25(43)34(35-26(44)7-5-9-29(35)55)36(45)37(24)49-42(50-38)47-13-12-32(58)51(2)19-21-62-20-14-46-27-8-4-6-23-33(27)41(61)54(40(23)60)28-10-11-30(56)48-39(28)59/h3-9,22,28,46,55H,1,10-21H2,2H3,(H,47,49,50)(H,48,56,59). The number of rotatable bonds is 15. The molecular formula is C42H42ClF2N9O8. The number of ether oxygens (including phenoxy) is 1. The van der Waals surface area contributed by atoms with Crippen LogP contribution in [0.5, 0.6) is 5.75 Å². The smallest absolute Gasteiger partial charge is 0.264 e. The fraction of sp³-hybridized carbons (Fsp3) is 0.333. The number of carbonyl (C=O) groups is 6. The summed E-state index contributed by atoms with van der Waals surface area (Å²) in [4.78, 5) is 90.6. The Morgan fingerprint density at radius 3 is 2.48 bits per heavy atom. The molecule has 17 nitrogen and oxygen atoms in total. The van der Waals surface area contributed by atoms with Crippen molar-refractivity contribution in [3.8, 4) is 16.9 Å². The van der Waals surface area contributed by atoms with Crippen LogP contribution in [-0.2, 0) is 23.9 Å². The van der Waals surface area contributed by atoms with E-state index < -0.39 is 52.6 Å². The van der Waals surface area contributed by atoms with Gasteiger partial charge in [0.25, 0.3) is 11.8 Å². The van der Waals surface area contributed by atoms with Crippen LogP contribution in [0.25, 0.3) is 22.0 Å². The van der Waals surface area contributed by atoms with Crippen molar-refractivity contribution in [2.45, 2.75) is 25.3 Å². The van der Waals surface area contributed by atoms with Crippen LogP contribution in [0, 0.1) is 11.6 Å². The van der Waals surface area contributed by atoms with E-state index in [1.54, 1.807) is 24.1 Å². The van der Waals surface area contributed by atoms with E-state index >= 15 is 4.39 Å². The summed E-state index contributed by atoms with van der Waals surface area (Å²) in [5, 5.41) is 18.8. The molecule has 0 bridgehead atoms. The highest BCUT2D eigenvalue weighted by atomic mass is 35.5. The Morgan fingerprint density at radius 1 is 1.00 bits per heavy atom. The maximum absolute atomic E-state index is 16.4. The molecule has 62 heavy (non-hydrogen) atoms. The van der Waals surface area contributed by atoms with E-state index in [1.807, 2.05) is 4.90 Å². The molecule has 1 unspecified atom stereocenters. The minimum atomic E-state index is -1.08. The van der Waals surface area contributed by atoms with E-state index in [0.29, 0.717) is 37.7 Å². The molecule has 0 aliphatic carbocycles. The van der Waals surface area contributed by atoms with Crippen LogP contribution in [0.2, 0.25) is 5.02 Å². The molecule has 0 radical (unpaired) electrons. The molecule has 2 fully saturated rings. The average molecular weight is 874 g/mol. The summed E-state index contributed by atoms with van der Waals surface area (Å²) in [6.45, 7) is 5.80. The molecule has 3 aliphatic heterocycles. The van der Waals surface area contributed by atoms with Gasteiger partial charge in [-0.2, -0.15) is 4.98 Å². The van der Waals surface area contributed by atoms with Crippen LogP contribution in [0.15, 0.2) is 55.1 Å². The average Bonchev–Trinajstić information content (AvgIpc) is 3.51. The van der Waals surface area contributed by atoms with Gasteiger partial charge in [0.15, 0.2) is 5.82 Å². The number of hydrogen-bond acceptors (Lipinski definition) is 13. The van der Waals surface area contributed by atoms with Crippen LogP contribution >= 0.6 is 11.6 Å². The second-order valence-corrected chi connectivity index (χ2v) is 15.1. The van der Waals surface area contributed by atoms with Gasteiger partial charge in [-0.05, 0) is 42.8 Å². The van der Waals surface area contributed by atoms with E-state index in [4.69, 9.17) is 16.3 Å². The van der Waals surface area contributed by atoms with Crippen molar-refractivity contribution in [2.24, 2.45) is 0 Å². The van der Waals surface area contributed by atoms with Crippen molar-refractivity contribution in [3.05, 3.63) is 82.9 Å². The number of imide groups is 2. The normalized spacial score (nSPS) is 16.4. The molecule has 3 aromatic carbocycles. The zero-order valence-electron chi connectivity index (χ0n) is 33.5. The summed E-state index contributed by atoms with van der Waals surface area (Å²) in [5.74, 6) is -4.98. The van der Waals surface area contributed by atoms with E-state index in [9.17, 15) is 38.3 Å². The lowest BCUT2D eigenvalue weighted by atomic mass is 10.0. The first kappa shape index (κ1) is 43.4. The molecule has 7 rings (SSSR count). The Labute approximate surface area is 358 Å². The quantitative estimate of drug-likeness (QED) is 0.0767. The second-order valence-electron chi connectivity index (χ2n) is 14.7. The molecule has 4 aromatic rings. The molecule has 0 spiro atoms. The van der Waals surface area contributed by atoms with Crippen molar-refractivity contribution in [2.75, 3.05) is 81.6 Å². The van der Waals surface area contributed by atoms with Crippen LogP contribution < -0.4 is 20.9 Å². The van der Waals surface area contributed by atoms with Crippen LogP contribution in [0.4, 0.5) is 26.2 Å². The zero-order valence-corrected chi connectivity index (χ0v) is 34.3. The van der Waals surface area contributed by atoms with Gasteiger partial charge in [-0.25, -0.2) is 13.8 Å². The number of fused-ring (bicyclic) bond motifs is 2. The number of piperidine rings is 1. The number of benzene rings is 3. The van der Waals surface area contributed by atoms with Crippen molar-refractivity contribution in [3.63, 3.8) is 0 Å². The molecule has 6 amide bonds. The lowest BCUT2D eigenvalue weighted by Crippen LogP contribution is -2.54. The molecule has 0 saturated carbocycles. The highest BCUT2D eigenvalue weighted by molar-refractivity contribution is 6.34. The topological polar surface area (TPSA) is 207 Å². The third-order valence-electron chi connectivity index (χ3n) is 10.8. The molecular weight excluding hydrogens is 832 g/mol. The van der Waals surface area contributed by atoms with Crippen molar-refractivity contribution < 1.29 is 47.4 Å². The highest BCUT2D eigenvalue weighted by Crippen LogP contribution is 2.42. The van der Waals surface area contributed by atoms with Crippen LogP contribution in [0.3, 0.4) is 0 Å². The van der Waals surface area contributed by atoms with Gasteiger partial charge in [-0.1, -0.05) is 30.3 Å². The Kier molecular flexibility index (Phi) is 12.9. The molecule has 1 aromatic heterocycles. The molecule has 4 heterocycles. The number of carbonyl (C=O) groups excluding carboxylic acids is 6. The SMILES string of the molecule is C=CC(=O)N1CCN(c2nc(NCCC(=O)N(C)CCOCCNc3cccc4c3C(=O)N(C3CCC(=O)NC3=O)C4=O)nc3c(F)c(-c4c(O)cccc4F)c(Cl)cc23)CC1. The van der Waals surface area contributed by atoms with Gasteiger partial charge in [0.05, 0.1) is 34.9 Å². The van der Waals surface area contributed by atoms with E-state index in [-0.39, 0.29) is 102 Å². The minimum absolute atomic E-state index is 0.00369. The fourth-order valence-electron chi connectivity index (χ4n) is 7.58. The number of nitrogens with one attached hydrogen (secondary N) is 3. The number of aromatic nitrogens is 2. The Bertz CT molecular complexity index is 2480. The molecule has 1 atom stereocenters. The maximum atomic E-state index is 16.4. The second kappa shape index (κ2) is 18.5. The summed E-state index contributed by atoms with van der Waals surface area (Å²) in [6, 6.07) is 8.65. The number of nitrogens with zero attached hydrogens (tertiary/aromatic N) is 6. The first-order valence-electron chi connectivity index (χ1n) is 19.8. The van der Waals surface area contributed by atoms with Gasteiger partial charge >= 0.3 is 0 Å². The third kappa shape index (κ3) is 8.71. The molecule has 20 heteroatoms. The van der Waals surface area contributed by atoms with Gasteiger partial charge in [-0.3, -0.25) is 39.0 Å². The summed E-state index contributed by atoms with van der Waals surface area (Å²) in [6.07, 6.45) is 1.29. The summed E-state index contributed by atoms with van der Waals surface area (Å²) in [5.41, 5.74) is -0.337. The first-order valence-corrected chi connectivity index (χ1v) is 20.1. The lowest BCUT2D eigenvalue weighted by Gasteiger charge is -2.35. The van der Waals surface area contributed by atoms with Gasteiger partial charge in [0.2, 0.25) is 29.6 Å². The van der Waals surface area contributed by atoms with Gasteiger partial charge in [0, 0.05) is 82.3 Å². The predicted octanol–water partition coefficient (Wildman–Crippen LogP) is 3.56. The number of piperazine rings is 1. The lowest BCUT2D eigenvalue weighted by molar-refractivity contribution is -0.136. The summed E-state index contributed by atoms with van der Waals surface area (Å²) >= 11 is 6.55. The Balaban J connectivity index is 0.945. The monoisotopic (exact) mass is 873 g/mol. The largest absolute Gasteiger partial charge is 0.507 e. The fourth-order valence-corrected chi connectivity index (χ4v) is 7.86. The summed E-state index contributed by atoms with van der Waals surface area (Å²) in [7, 11) is 1.61. The first-order chi connectivity index (χ1) is 29.8. The van der Waals surface area contributed by atoms with Crippen molar-refractivity contribution in [1.29, 1.82) is 0 Å². The van der Waals surface area contributed by atoms with E-state index in [2.05, 4.69) is 32.5 Å². The maximum Gasteiger partial charge on any atom is 0.264 e. The van der Waals surface area contributed by atoms with Crippen LogP contribution in [0.1, 0.15) is 40.0 Å². The Hall–Kier alpha value is -6.73. The number of phenols is 1. The zero-order chi connectivity index (χ0) is 44.2. The molecule has 4 N–H and O–H groups in total.